The van der Waals surface area contributed by atoms with Crippen LogP contribution in [0.3, 0.4) is 0 Å². The van der Waals surface area contributed by atoms with Crippen molar-refractivity contribution in [3.63, 3.8) is 0 Å². The summed E-state index contributed by atoms with van der Waals surface area (Å²) in [4.78, 5) is 38.8. The highest BCUT2D eigenvalue weighted by atomic mass is 35.5. The predicted octanol–water partition coefficient (Wildman–Crippen LogP) is 4.87. The second-order valence-corrected chi connectivity index (χ2v) is 8.62. The van der Waals surface area contributed by atoms with E-state index in [9.17, 15) is 19.5 Å². The van der Waals surface area contributed by atoms with E-state index in [-0.39, 0.29) is 34.6 Å². The molecule has 3 aromatic rings. The molecule has 0 spiro atoms. The molecule has 35 heavy (non-hydrogen) atoms. The summed E-state index contributed by atoms with van der Waals surface area (Å²) in [5.74, 6) is -2.45. The van der Waals surface area contributed by atoms with E-state index in [0.29, 0.717) is 39.2 Å². The molecule has 2 N–H and O–H groups in total. The van der Waals surface area contributed by atoms with Crippen LogP contribution in [0.15, 0.2) is 80.3 Å². The quantitative estimate of drug-likeness (QED) is 0.372. The Kier molecular flexibility index (Phi) is 6.80. The summed E-state index contributed by atoms with van der Waals surface area (Å²) in [6.07, 6.45) is 0. The highest BCUT2D eigenvalue weighted by molar-refractivity contribution is 6.18. The summed E-state index contributed by atoms with van der Waals surface area (Å²) in [5, 5.41) is 13.4. The van der Waals surface area contributed by atoms with E-state index in [1.165, 1.54) is 0 Å². The summed E-state index contributed by atoms with van der Waals surface area (Å²) in [5.41, 5.74) is 2.43. The highest BCUT2D eigenvalue weighted by Gasteiger charge is 2.39. The molecule has 0 saturated carbocycles. The number of hydrogen-bond donors (Lipinski definition) is 2. The van der Waals surface area contributed by atoms with Gasteiger partial charge < -0.3 is 19.6 Å². The van der Waals surface area contributed by atoms with Gasteiger partial charge >= 0.3 is 11.9 Å². The minimum atomic E-state index is -1.20. The van der Waals surface area contributed by atoms with Crippen molar-refractivity contribution in [2.24, 2.45) is 0 Å². The molecule has 2 aromatic carbocycles. The Labute approximate surface area is 206 Å². The topological polar surface area (TPSA) is 106 Å². The zero-order chi connectivity index (χ0) is 25.3. The maximum atomic E-state index is 13.3. The molecule has 8 heteroatoms. The lowest BCUT2D eigenvalue weighted by Gasteiger charge is -2.30. The zero-order valence-electron chi connectivity index (χ0n) is 19.5. The lowest BCUT2D eigenvalue weighted by molar-refractivity contribution is -0.138. The summed E-state index contributed by atoms with van der Waals surface area (Å²) < 4.78 is 11.6. The van der Waals surface area contributed by atoms with Gasteiger partial charge in [0.15, 0.2) is 5.43 Å². The number of carboxylic acid groups (broad SMARTS) is 1. The number of esters is 1. The van der Waals surface area contributed by atoms with Gasteiger partial charge in [-0.3, -0.25) is 4.79 Å². The Morgan fingerprint density at radius 2 is 1.71 bits per heavy atom. The average Bonchev–Trinajstić information content (AvgIpc) is 2.84. The van der Waals surface area contributed by atoms with Crippen LogP contribution in [0.2, 0.25) is 0 Å². The van der Waals surface area contributed by atoms with Gasteiger partial charge in [-0.1, -0.05) is 42.5 Å². The van der Waals surface area contributed by atoms with Gasteiger partial charge in [0.2, 0.25) is 0 Å². The predicted molar refractivity (Wildman–Crippen MR) is 133 cm³/mol. The van der Waals surface area contributed by atoms with Crippen molar-refractivity contribution < 1.29 is 23.8 Å². The third-order valence-corrected chi connectivity index (χ3v) is 6.20. The van der Waals surface area contributed by atoms with E-state index in [1.54, 1.807) is 39.0 Å². The number of para-hydroxylation sites is 1. The van der Waals surface area contributed by atoms with Crippen molar-refractivity contribution in [3.05, 3.63) is 92.4 Å². The molecule has 0 fully saturated rings. The van der Waals surface area contributed by atoms with Gasteiger partial charge in [0.1, 0.15) is 18.0 Å². The molecular formula is C27H24ClNO6. The van der Waals surface area contributed by atoms with Crippen LogP contribution >= 0.6 is 11.6 Å². The molecule has 1 unspecified atom stereocenters. The van der Waals surface area contributed by atoms with Crippen molar-refractivity contribution in [2.45, 2.75) is 26.7 Å². The maximum absolute atomic E-state index is 13.3. The van der Waals surface area contributed by atoms with E-state index >= 15 is 0 Å². The monoisotopic (exact) mass is 493 g/mol. The molecule has 7 nitrogen and oxygen atoms in total. The molecule has 2 heterocycles. The third-order valence-electron chi connectivity index (χ3n) is 6.04. The molecule has 1 atom stereocenters. The first kappa shape index (κ1) is 24.3. The van der Waals surface area contributed by atoms with E-state index in [1.807, 2.05) is 30.3 Å². The molecule has 1 aliphatic heterocycles. The number of halogens is 1. The number of hydrogen-bond acceptors (Lipinski definition) is 6. The Balaban J connectivity index is 2.04. The van der Waals surface area contributed by atoms with E-state index < -0.39 is 17.9 Å². The van der Waals surface area contributed by atoms with Crippen molar-refractivity contribution in [1.29, 1.82) is 0 Å². The smallest absolute Gasteiger partial charge is 0.336 e. The van der Waals surface area contributed by atoms with Crippen molar-refractivity contribution in [3.8, 4) is 11.3 Å². The average molecular weight is 494 g/mol. The van der Waals surface area contributed by atoms with Crippen LogP contribution in [0, 0.1) is 6.92 Å². The number of allylic oxidation sites excluding steroid dienone is 2. The molecule has 4 rings (SSSR count). The molecule has 1 aromatic heterocycles. The van der Waals surface area contributed by atoms with Gasteiger partial charge in [-0.05, 0) is 26.8 Å². The van der Waals surface area contributed by atoms with Crippen molar-refractivity contribution in [1.82, 2.24) is 5.32 Å². The van der Waals surface area contributed by atoms with E-state index in [2.05, 4.69) is 5.32 Å². The molecular weight excluding hydrogens is 470 g/mol. The number of alkyl halides is 1. The molecule has 0 aliphatic carbocycles. The number of ether oxygens (including phenoxy) is 1. The van der Waals surface area contributed by atoms with Crippen LogP contribution in [0.4, 0.5) is 0 Å². The summed E-state index contributed by atoms with van der Waals surface area (Å²) in [6.45, 7) is 4.96. The number of aliphatic carboxylic acids is 1. The summed E-state index contributed by atoms with van der Waals surface area (Å²) in [7, 11) is 0. The molecule has 0 saturated heterocycles. The van der Waals surface area contributed by atoms with Gasteiger partial charge in [-0.15, -0.1) is 11.6 Å². The first-order chi connectivity index (χ1) is 16.8. The minimum absolute atomic E-state index is 0.0308. The first-order valence-electron chi connectivity index (χ1n) is 11.0. The van der Waals surface area contributed by atoms with Crippen LogP contribution in [-0.2, 0) is 14.3 Å². The first-order valence-corrected chi connectivity index (χ1v) is 11.6. The van der Waals surface area contributed by atoms with Gasteiger partial charge in [0, 0.05) is 28.1 Å². The van der Waals surface area contributed by atoms with E-state index in [4.69, 9.17) is 20.8 Å². The van der Waals surface area contributed by atoms with Crippen molar-refractivity contribution >= 4 is 34.5 Å². The number of dihydropyridines is 1. The van der Waals surface area contributed by atoms with Crippen molar-refractivity contribution in [2.75, 3.05) is 12.5 Å². The zero-order valence-corrected chi connectivity index (χ0v) is 20.2. The van der Waals surface area contributed by atoms with Gasteiger partial charge in [0.25, 0.3) is 0 Å². The second-order valence-electron chi connectivity index (χ2n) is 8.24. The normalized spacial score (nSPS) is 15.8. The van der Waals surface area contributed by atoms with Crippen LogP contribution < -0.4 is 10.7 Å². The molecule has 180 valence electrons. The fraction of sp³-hybridized carbons (Fsp3) is 0.222. The standard InChI is InChI=1S/C27H24ClNO6/c1-14-23(30)19-11-7-10-18(25(19)35-24(14)17-8-5-4-6-9-17)22-20(26(31)32)15(2)29-16(3)21(22)27(33)34-13-12-28/h4-11,22,29H,12-13H2,1-3H3,(H,31,32). The number of carbonyl (C=O) groups is 2. The molecule has 0 radical (unpaired) electrons. The SMILES string of the molecule is CC1=C(C(=O)O)C(c2cccc3c(=O)c(C)c(-c4ccccc4)oc23)C(C(=O)OCCCl)=C(C)N1. The largest absolute Gasteiger partial charge is 0.478 e. The number of rotatable bonds is 6. The fourth-order valence-electron chi connectivity index (χ4n) is 4.49. The molecule has 1 aliphatic rings. The van der Waals surface area contributed by atoms with Gasteiger partial charge in [-0.25, -0.2) is 9.59 Å². The Morgan fingerprint density at radius 3 is 2.37 bits per heavy atom. The van der Waals surface area contributed by atoms with Crippen LogP contribution in [0.1, 0.15) is 30.9 Å². The molecule has 0 amide bonds. The second kappa shape index (κ2) is 9.80. The Bertz CT molecular complexity index is 1450. The summed E-state index contributed by atoms with van der Waals surface area (Å²) >= 11 is 5.70. The number of carboxylic acids is 1. The number of fused-ring (bicyclic) bond motifs is 1. The van der Waals surface area contributed by atoms with Crippen LogP contribution in [-0.4, -0.2) is 29.5 Å². The fourth-order valence-corrected chi connectivity index (χ4v) is 4.57. The lowest BCUT2D eigenvalue weighted by Crippen LogP contribution is -2.32. The molecule has 0 bridgehead atoms. The van der Waals surface area contributed by atoms with Crippen LogP contribution in [0.5, 0.6) is 0 Å². The summed E-state index contributed by atoms with van der Waals surface area (Å²) in [6, 6.07) is 14.1. The maximum Gasteiger partial charge on any atom is 0.336 e. The Hall–Kier alpha value is -3.84. The highest BCUT2D eigenvalue weighted by Crippen LogP contribution is 2.42. The van der Waals surface area contributed by atoms with Crippen LogP contribution in [0.25, 0.3) is 22.3 Å². The third kappa shape index (κ3) is 4.35. The lowest BCUT2D eigenvalue weighted by atomic mass is 9.79. The van der Waals surface area contributed by atoms with Gasteiger partial charge in [0.05, 0.1) is 28.3 Å². The number of benzene rings is 2. The Morgan fingerprint density at radius 1 is 1.03 bits per heavy atom. The number of nitrogens with one attached hydrogen (secondary N) is 1. The van der Waals surface area contributed by atoms with Gasteiger partial charge in [-0.2, -0.15) is 0 Å². The minimum Gasteiger partial charge on any atom is -0.478 e. The number of carbonyl (C=O) groups excluding carboxylic acids is 1. The van der Waals surface area contributed by atoms with E-state index in [0.717, 1.165) is 0 Å².